The number of hydrogen-bond donors (Lipinski definition) is 0. The summed E-state index contributed by atoms with van der Waals surface area (Å²) in [4.78, 5) is 0. The second kappa shape index (κ2) is 12.6. The predicted molar refractivity (Wildman–Crippen MR) is 117 cm³/mol. The van der Waals surface area contributed by atoms with Crippen molar-refractivity contribution in [2.45, 2.75) is 148 Å². The lowest BCUT2D eigenvalue weighted by molar-refractivity contribution is 0.547. The summed E-state index contributed by atoms with van der Waals surface area (Å²) in [6, 6.07) is 1.56. The van der Waals surface area contributed by atoms with E-state index in [0.717, 1.165) is 11.1 Å². The maximum atomic E-state index is 2.58. The lowest BCUT2D eigenvalue weighted by Crippen LogP contribution is -2.50. The molecule has 0 heterocycles. The van der Waals surface area contributed by atoms with E-state index in [4.69, 9.17) is 0 Å². The number of rotatable bonds is 15. The van der Waals surface area contributed by atoms with Crippen LogP contribution in [0.15, 0.2) is 0 Å². The number of unbranched alkanes of at least 4 members (excludes halogenated alkanes) is 9. The van der Waals surface area contributed by atoms with Crippen molar-refractivity contribution < 1.29 is 0 Å². The zero-order chi connectivity index (χ0) is 18.6. The molecule has 0 aliphatic rings. The first-order valence-corrected chi connectivity index (χ1v) is 13.6. The van der Waals surface area contributed by atoms with E-state index in [1.54, 1.807) is 6.04 Å². The summed E-state index contributed by atoms with van der Waals surface area (Å²) in [5.41, 5.74) is 1.82. The van der Waals surface area contributed by atoms with E-state index in [1.807, 2.05) is 0 Å². The van der Waals surface area contributed by atoms with E-state index in [0.29, 0.717) is 5.04 Å². The van der Waals surface area contributed by atoms with Gasteiger partial charge >= 0.3 is 0 Å². The van der Waals surface area contributed by atoms with Crippen LogP contribution in [-0.4, -0.2) is 8.07 Å². The van der Waals surface area contributed by atoms with Gasteiger partial charge in [-0.1, -0.05) is 143 Å². The summed E-state index contributed by atoms with van der Waals surface area (Å²) < 4.78 is 0. The van der Waals surface area contributed by atoms with Gasteiger partial charge in [-0.2, -0.15) is 0 Å². The average Bonchev–Trinajstić information content (AvgIpc) is 2.51. The van der Waals surface area contributed by atoms with E-state index in [2.05, 4.69) is 55.4 Å². The van der Waals surface area contributed by atoms with Crippen molar-refractivity contribution in [2.75, 3.05) is 0 Å². The highest BCUT2D eigenvalue weighted by molar-refractivity contribution is 6.84. The SMILES string of the molecule is CCCCCCCCCCCC[Si](C(C)C)(C(C)C)C(C)(C)CC. The van der Waals surface area contributed by atoms with E-state index in [1.165, 1.54) is 70.6 Å². The molecule has 0 rings (SSSR count). The summed E-state index contributed by atoms with van der Waals surface area (Å²) in [5.74, 6) is 0. The predicted octanol–water partition coefficient (Wildman–Crippen LogP) is 9.37. The van der Waals surface area contributed by atoms with E-state index in [-0.39, 0.29) is 0 Å². The lowest BCUT2D eigenvalue weighted by atomic mass is 10.1. The van der Waals surface area contributed by atoms with E-state index >= 15 is 0 Å². The highest BCUT2D eigenvalue weighted by Crippen LogP contribution is 2.55. The van der Waals surface area contributed by atoms with Gasteiger partial charge in [-0.3, -0.25) is 0 Å². The Morgan fingerprint density at radius 3 is 1.33 bits per heavy atom. The Bertz CT molecular complexity index is 282. The van der Waals surface area contributed by atoms with Crippen LogP contribution in [0.2, 0.25) is 22.2 Å². The first kappa shape index (κ1) is 24.2. The van der Waals surface area contributed by atoms with Crippen molar-refractivity contribution in [2.24, 2.45) is 0 Å². The van der Waals surface area contributed by atoms with Crippen molar-refractivity contribution >= 4 is 8.07 Å². The maximum absolute atomic E-state index is 2.58. The van der Waals surface area contributed by atoms with Gasteiger partial charge in [0.25, 0.3) is 0 Å². The Hall–Kier alpha value is 0.217. The van der Waals surface area contributed by atoms with Crippen molar-refractivity contribution in [1.82, 2.24) is 0 Å². The third kappa shape index (κ3) is 7.22. The molecule has 0 amide bonds. The van der Waals surface area contributed by atoms with Gasteiger partial charge in [0.1, 0.15) is 0 Å². The van der Waals surface area contributed by atoms with Crippen molar-refractivity contribution in [3.63, 3.8) is 0 Å². The largest absolute Gasteiger partial charge is 0.0654 e. The molecule has 0 nitrogen and oxygen atoms in total. The highest BCUT2D eigenvalue weighted by atomic mass is 28.3. The van der Waals surface area contributed by atoms with Crippen molar-refractivity contribution in [3.05, 3.63) is 0 Å². The molecule has 0 unspecified atom stereocenters. The van der Waals surface area contributed by atoms with Crippen LogP contribution in [0.4, 0.5) is 0 Å². The average molecular weight is 355 g/mol. The smallest absolute Gasteiger partial charge is 0.0643 e. The Kier molecular flexibility index (Phi) is 12.7. The van der Waals surface area contributed by atoms with Crippen LogP contribution in [0.5, 0.6) is 0 Å². The van der Waals surface area contributed by atoms with Gasteiger partial charge in [0.15, 0.2) is 0 Å². The third-order valence-corrected chi connectivity index (χ3v) is 15.3. The highest BCUT2D eigenvalue weighted by Gasteiger charge is 2.49. The van der Waals surface area contributed by atoms with Crippen molar-refractivity contribution in [3.8, 4) is 0 Å². The Morgan fingerprint density at radius 2 is 1.00 bits per heavy atom. The quantitative estimate of drug-likeness (QED) is 0.203. The van der Waals surface area contributed by atoms with Gasteiger partial charge in [0.05, 0.1) is 8.07 Å². The molecule has 0 radical (unpaired) electrons. The molecule has 0 aromatic heterocycles. The summed E-state index contributed by atoms with van der Waals surface area (Å²) in [5, 5.41) is 0.578. The molecule has 0 aromatic carbocycles. The fourth-order valence-corrected chi connectivity index (χ4v) is 13.2. The molecular weight excluding hydrogens is 304 g/mol. The topological polar surface area (TPSA) is 0 Å². The van der Waals surface area contributed by atoms with Crippen LogP contribution in [0, 0.1) is 0 Å². The first-order chi connectivity index (χ1) is 11.3. The Balaban J connectivity index is 4.22. The Labute approximate surface area is 156 Å². The second-order valence-electron chi connectivity index (χ2n) is 9.52. The van der Waals surface area contributed by atoms with Crippen LogP contribution in [0.25, 0.3) is 0 Å². The van der Waals surface area contributed by atoms with Crippen LogP contribution < -0.4 is 0 Å². The molecule has 0 N–H and O–H groups in total. The van der Waals surface area contributed by atoms with Gasteiger partial charge in [-0.25, -0.2) is 0 Å². The van der Waals surface area contributed by atoms with Crippen LogP contribution in [0.3, 0.4) is 0 Å². The molecule has 0 saturated heterocycles. The molecule has 0 saturated carbocycles. The molecule has 0 atom stereocenters. The maximum Gasteiger partial charge on any atom is 0.0643 e. The molecular formula is C23H50Si. The molecule has 0 bridgehead atoms. The minimum atomic E-state index is -1.27. The van der Waals surface area contributed by atoms with Gasteiger partial charge < -0.3 is 0 Å². The van der Waals surface area contributed by atoms with Gasteiger partial charge in [-0.15, -0.1) is 0 Å². The fourth-order valence-electron chi connectivity index (χ4n) is 5.38. The van der Waals surface area contributed by atoms with Crippen molar-refractivity contribution in [1.29, 1.82) is 0 Å². The van der Waals surface area contributed by atoms with Gasteiger partial charge in [0.2, 0.25) is 0 Å². The molecule has 146 valence electrons. The minimum Gasteiger partial charge on any atom is -0.0654 e. The summed E-state index contributed by atoms with van der Waals surface area (Å²) in [6.07, 6.45) is 15.9. The first-order valence-electron chi connectivity index (χ1n) is 11.3. The zero-order valence-corrected chi connectivity index (χ0v) is 19.6. The molecule has 24 heavy (non-hydrogen) atoms. The summed E-state index contributed by atoms with van der Waals surface area (Å²) in [6.45, 7) is 20.0. The third-order valence-electron chi connectivity index (χ3n) is 7.15. The molecule has 0 aliphatic carbocycles. The molecule has 0 aromatic rings. The number of hydrogen-bond acceptors (Lipinski definition) is 0. The molecule has 0 spiro atoms. The Morgan fingerprint density at radius 1 is 0.625 bits per heavy atom. The minimum absolute atomic E-state index is 0.578. The van der Waals surface area contributed by atoms with Crippen LogP contribution in [-0.2, 0) is 0 Å². The normalized spacial score (nSPS) is 13.2. The summed E-state index contributed by atoms with van der Waals surface area (Å²) in [7, 11) is -1.27. The zero-order valence-electron chi connectivity index (χ0n) is 18.6. The fraction of sp³-hybridized carbons (Fsp3) is 1.00. The van der Waals surface area contributed by atoms with E-state index in [9.17, 15) is 0 Å². The monoisotopic (exact) mass is 354 g/mol. The molecule has 0 fully saturated rings. The lowest BCUT2D eigenvalue weighted by Gasteiger charge is -2.51. The van der Waals surface area contributed by atoms with Crippen LogP contribution >= 0.6 is 0 Å². The van der Waals surface area contributed by atoms with Gasteiger partial charge in [0, 0.05) is 0 Å². The summed E-state index contributed by atoms with van der Waals surface area (Å²) >= 11 is 0. The molecule has 1 heteroatoms. The standard InChI is InChI=1S/C23H50Si/c1-9-11-12-13-14-15-16-17-18-19-20-24(21(3)4,22(5)6)23(7,8)10-2/h21-22H,9-20H2,1-8H3. The second-order valence-corrected chi connectivity index (χ2v) is 15.8. The molecule has 0 aliphatic heterocycles. The van der Waals surface area contributed by atoms with Crippen LogP contribution in [0.1, 0.15) is 126 Å². The van der Waals surface area contributed by atoms with E-state index < -0.39 is 8.07 Å². The van der Waals surface area contributed by atoms with Gasteiger partial charge in [-0.05, 0) is 5.04 Å².